The van der Waals surface area contributed by atoms with Crippen LogP contribution in [-0.2, 0) is 9.53 Å². The third-order valence-corrected chi connectivity index (χ3v) is 3.08. The molecule has 0 aromatic rings. The van der Waals surface area contributed by atoms with Gasteiger partial charge in [-0.1, -0.05) is 25.5 Å². The van der Waals surface area contributed by atoms with Gasteiger partial charge in [-0.2, -0.15) is 0 Å². The van der Waals surface area contributed by atoms with Crippen LogP contribution in [0.5, 0.6) is 0 Å². The molecule has 0 fully saturated rings. The fraction of sp³-hybridized carbons (Fsp3) is 0.786. The van der Waals surface area contributed by atoms with Crippen LogP contribution in [0.2, 0.25) is 0 Å². The van der Waals surface area contributed by atoms with E-state index in [1.165, 1.54) is 5.57 Å². The minimum Gasteiger partial charge on any atom is -0.369 e. The van der Waals surface area contributed by atoms with Crippen molar-refractivity contribution in [3.05, 3.63) is 11.6 Å². The predicted octanol–water partition coefficient (Wildman–Crippen LogP) is 1.47. The van der Waals surface area contributed by atoms with Crippen LogP contribution >= 0.6 is 0 Å². The van der Waals surface area contributed by atoms with Crippen LogP contribution in [0.4, 0.5) is 0 Å². The summed E-state index contributed by atoms with van der Waals surface area (Å²) in [5, 5.41) is 6.18. The Morgan fingerprint density at radius 1 is 1.50 bits per heavy atom. The Kier molecular flexibility index (Phi) is 6.98. The summed E-state index contributed by atoms with van der Waals surface area (Å²) in [5.41, 5.74) is 1.30. The van der Waals surface area contributed by atoms with E-state index in [-0.39, 0.29) is 12.0 Å². The van der Waals surface area contributed by atoms with Crippen molar-refractivity contribution in [2.24, 2.45) is 5.92 Å². The molecule has 0 bridgehead atoms. The van der Waals surface area contributed by atoms with Crippen LogP contribution in [0.1, 0.15) is 33.6 Å². The van der Waals surface area contributed by atoms with Crippen LogP contribution in [0.3, 0.4) is 0 Å². The van der Waals surface area contributed by atoms with E-state index in [1.54, 1.807) is 0 Å². The van der Waals surface area contributed by atoms with Gasteiger partial charge >= 0.3 is 0 Å². The molecule has 2 N–H and O–H groups in total. The van der Waals surface area contributed by atoms with E-state index < -0.39 is 0 Å². The average Bonchev–Trinajstić information content (AvgIpc) is 2.36. The van der Waals surface area contributed by atoms with E-state index >= 15 is 0 Å². The second-order valence-electron chi connectivity index (χ2n) is 5.23. The van der Waals surface area contributed by atoms with Crippen LogP contribution in [0.25, 0.3) is 0 Å². The monoisotopic (exact) mass is 254 g/mol. The van der Waals surface area contributed by atoms with Crippen molar-refractivity contribution in [2.45, 2.75) is 39.7 Å². The molecule has 1 atom stereocenters. The van der Waals surface area contributed by atoms with Crippen molar-refractivity contribution < 1.29 is 9.53 Å². The molecule has 4 nitrogen and oxygen atoms in total. The first-order valence-electron chi connectivity index (χ1n) is 6.87. The van der Waals surface area contributed by atoms with Crippen molar-refractivity contribution in [2.75, 3.05) is 26.2 Å². The molecule has 0 saturated carbocycles. The molecule has 18 heavy (non-hydrogen) atoms. The van der Waals surface area contributed by atoms with Gasteiger partial charge in [-0.05, 0) is 32.2 Å². The van der Waals surface area contributed by atoms with Gasteiger partial charge < -0.3 is 15.4 Å². The lowest BCUT2D eigenvalue weighted by Gasteiger charge is -2.17. The fourth-order valence-electron chi connectivity index (χ4n) is 1.73. The quantitative estimate of drug-likeness (QED) is 0.677. The van der Waals surface area contributed by atoms with Gasteiger partial charge in [-0.25, -0.2) is 0 Å². The highest BCUT2D eigenvalue weighted by molar-refractivity contribution is 5.80. The third kappa shape index (κ3) is 6.17. The molecule has 104 valence electrons. The van der Waals surface area contributed by atoms with E-state index in [0.29, 0.717) is 19.1 Å². The summed E-state index contributed by atoms with van der Waals surface area (Å²) in [6.45, 7) is 9.33. The van der Waals surface area contributed by atoms with Crippen molar-refractivity contribution >= 4 is 5.91 Å². The molecule has 0 aliphatic carbocycles. The van der Waals surface area contributed by atoms with E-state index in [2.05, 4.69) is 30.6 Å². The summed E-state index contributed by atoms with van der Waals surface area (Å²) in [6, 6.07) is 0. The minimum atomic E-state index is -0.355. The zero-order chi connectivity index (χ0) is 13.4. The first-order chi connectivity index (χ1) is 8.59. The summed E-state index contributed by atoms with van der Waals surface area (Å²) in [4.78, 5) is 11.8. The van der Waals surface area contributed by atoms with Crippen molar-refractivity contribution in [1.82, 2.24) is 10.6 Å². The fourth-order valence-corrected chi connectivity index (χ4v) is 1.73. The number of carbonyl (C=O) groups excluding carboxylic acids is 1. The maximum Gasteiger partial charge on any atom is 0.249 e. The summed E-state index contributed by atoms with van der Waals surface area (Å²) in [5.74, 6) is 0.596. The molecule has 1 aliphatic heterocycles. The summed E-state index contributed by atoms with van der Waals surface area (Å²) >= 11 is 0. The Morgan fingerprint density at radius 3 is 2.89 bits per heavy atom. The van der Waals surface area contributed by atoms with Crippen molar-refractivity contribution in [3.8, 4) is 0 Å². The van der Waals surface area contributed by atoms with E-state index in [0.717, 1.165) is 25.9 Å². The van der Waals surface area contributed by atoms with Gasteiger partial charge in [0.1, 0.15) is 6.10 Å². The molecule has 0 saturated heterocycles. The number of hydrogen-bond acceptors (Lipinski definition) is 3. The van der Waals surface area contributed by atoms with Crippen LogP contribution in [0.15, 0.2) is 11.6 Å². The Morgan fingerprint density at radius 2 is 2.28 bits per heavy atom. The van der Waals surface area contributed by atoms with Gasteiger partial charge in [-0.15, -0.1) is 0 Å². The highest BCUT2D eigenvalue weighted by atomic mass is 16.5. The summed E-state index contributed by atoms with van der Waals surface area (Å²) in [7, 11) is 0. The average molecular weight is 254 g/mol. The molecule has 0 spiro atoms. The Bertz CT molecular complexity index is 288. The van der Waals surface area contributed by atoms with Gasteiger partial charge in [0.2, 0.25) is 5.91 Å². The van der Waals surface area contributed by atoms with E-state index in [1.807, 2.05) is 6.92 Å². The van der Waals surface area contributed by atoms with Crippen LogP contribution in [0, 0.1) is 5.92 Å². The van der Waals surface area contributed by atoms with E-state index in [9.17, 15) is 4.79 Å². The lowest BCUT2D eigenvalue weighted by atomic mass is 10.1. The topological polar surface area (TPSA) is 50.4 Å². The summed E-state index contributed by atoms with van der Waals surface area (Å²) < 4.78 is 5.51. The number of nitrogens with one attached hydrogen (secondary N) is 2. The summed E-state index contributed by atoms with van der Waals surface area (Å²) in [6.07, 6.45) is 3.80. The van der Waals surface area contributed by atoms with Gasteiger partial charge in [0.25, 0.3) is 0 Å². The van der Waals surface area contributed by atoms with Gasteiger partial charge in [0, 0.05) is 19.7 Å². The molecule has 1 aliphatic rings. The first-order valence-corrected chi connectivity index (χ1v) is 6.87. The number of ether oxygens (including phenoxy) is 1. The Hall–Kier alpha value is -0.870. The van der Waals surface area contributed by atoms with Crippen LogP contribution < -0.4 is 10.6 Å². The maximum absolute atomic E-state index is 11.8. The van der Waals surface area contributed by atoms with Gasteiger partial charge in [0.05, 0.1) is 0 Å². The second-order valence-corrected chi connectivity index (χ2v) is 5.23. The third-order valence-electron chi connectivity index (χ3n) is 3.08. The number of carbonyl (C=O) groups is 1. The van der Waals surface area contributed by atoms with Crippen molar-refractivity contribution in [3.63, 3.8) is 0 Å². The zero-order valence-corrected chi connectivity index (χ0v) is 11.8. The molecule has 4 heteroatoms. The number of hydrogen-bond donors (Lipinski definition) is 2. The molecule has 1 amide bonds. The molecule has 1 rings (SSSR count). The first kappa shape index (κ1) is 15.2. The lowest BCUT2D eigenvalue weighted by molar-refractivity contribution is -0.131. The maximum atomic E-state index is 11.8. The molecule has 0 aromatic carbocycles. The molecule has 1 heterocycles. The molecular weight excluding hydrogens is 228 g/mol. The normalized spacial score (nSPS) is 17.4. The standard InChI is InChI=1S/C14H26N2O2/c1-11(2)6-9-18-12(3)14(17)16-10-13-4-7-15-8-5-13/h4,11-12,15H,5-10H2,1-3H3,(H,16,17). The SMILES string of the molecule is CC(C)CCOC(C)C(=O)NCC1=CCNCC1. The van der Waals surface area contributed by atoms with Gasteiger partial charge in [-0.3, -0.25) is 4.79 Å². The van der Waals surface area contributed by atoms with E-state index in [4.69, 9.17) is 4.74 Å². The molecule has 0 radical (unpaired) electrons. The van der Waals surface area contributed by atoms with Gasteiger partial charge in [0.15, 0.2) is 0 Å². The Balaban J connectivity index is 2.16. The highest BCUT2D eigenvalue weighted by Crippen LogP contribution is 2.04. The Labute approximate surface area is 110 Å². The van der Waals surface area contributed by atoms with Crippen LogP contribution in [-0.4, -0.2) is 38.3 Å². The largest absolute Gasteiger partial charge is 0.369 e. The molecule has 1 unspecified atom stereocenters. The predicted molar refractivity (Wildman–Crippen MR) is 73.4 cm³/mol. The highest BCUT2D eigenvalue weighted by Gasteiger charge is 2.13. The lowest BCUT2D eigenvalue weighted by Crippen LogP contribution is -2.37. The number of amides is 1. The number of rotatable bonds is 7. The molecule has 0 aromatic heterocycles. The van der Waals surface area contributed by atoms with Crippen molar-refractivity contribution in [1.29, 1.82) is 0 Å². The second kappa shape index (κ2) is 8.27. The molecular formula is C14H26N2O2. The minimum absolute atomic E-state index is 0.0156. The smallest absolute Gasteiger partial charge is 0.249 e. The zero-order valence-electron chi connectivity index (χ0n) is 11.8.